The van der Waals surface area contributed by atoms with Crippen LogP contribution in [-0.2, 0) is 0 Å². The highest BCUT2D eigenvalue weighted by molar-refractivity contribution is 6.77. The first kappa shape index (κ1) is 22.2. The molecule has 0 aliphatic rings. The summed E-state index contributed by atoms with van der Waals surface area (Å²) in [4.78, 5) is 4.35. The first-order valence-electron chi connectivity index (χ1n) is 7.11. The second-order valence-electron chi connectivity index (χ2n) is 5.18. The molecule has 0 unspecified atom stereocenters. The van der Waals surface area contributed by atoms with Crippen LogP contribution >= 0.6 is 69.6 Å². The summed E-state index contributed by atoms with van der Waals surface area (Å²) in [6.07, 6.45) is 0.890. The molecule has 1 aromatic rings. The number of nitrogens with zero attached hydrogens (tertiary/aromatic N) is 1. The van der Waals surface area contributed by atoms with Gasteiger partial charge in [0.25, 0.3) is 0 Å². The van der Waals surface area contributed by atoms with E-state index in [0.29, 0.717) is 18.6 Å². The van der Waals surface area contributed by atoms with Crippen molar-refractivity contribution in [2.24, 2.45) is 4.99 Å². The molecule has 0 spiro atoms. The summed E-state index contributed by atoms with van der Waals surface area (Å²) in [6.45, 7) is 7.72. The van der Waals surface area contributed by atoms with Crippen LogP contribution in [0.4, 0.5) is 0 Å². The van der Waals surface area contributed by atoms with Crippen molar-refractivity contribution in [1.29, 1.82) is 0 Å². The molecule has 0 radical (unpaired) electrons. The van der Waals surface area contributed by atoms with Crippen molar-refractivity contribution in [3.05, 3.63) is 53.7 Å². The first-order chi connectivity index (χ1) is 11.0. The average Bonchev–Trinajstić information content (AvgIpc) is 2.46. The quantitative estimate of drug-likeness (QED) is 0.320. The Morgan fingerprint density at radius 1 is 1.00 bits per heavy atom. The van der Waals surface area contributed by atoms with Crippen LogP contribution in [0.15, 0.2) is 53.2 Å². The zero-order valence-corrected chi connectivity index (χ0v) is 17.8. The highest BCUT2D eigenvalue weighted by Crippen LogP contribution is 2.41. The van der Waals surface area contributed by atoms with E-state index in [1.165, 1.54) is 0 Å². The van der Waals surface area contributed by atoms with Gasteiger partial charge in [0.1, 0.15) is 0 Å². The van der Waals surface area contributed by atoms with E-state index in [1.54, 1.807) is 0 Å². The second-order valence-corrected chi connectivity index (χ2v) is 9.75. The van der Waals surface area contributed by atoms with Crippen LogP contribution < -0.4 is 0 Å². The molecule has 24 heavy (non-hydrogen) atoms. The van der Waals surface area contributed by atoms with E-state index in [4.69, 9.17) is 69.6 Å². The van der Waals surface area contributed by atoms with Gasteiger partial charge < -0.3 is 0 Å². The number of alkyl halides is 6. The molecule has 0 bridgehead atoms. The van der Waals surface area contributed by atoms with Gasteiger partial charge >= 0.3 is 0 Å². The van der Waals surface area contributed by atoms with E-state index in [2.05, 4.69) is 11.6 Å². The van der Waals surface area contributed by atoms with Gasteiger partial charge in [0.15, 0.2) is 0 Å². The fourth-order valence-corrected chi connectivity index (χ4v) is 3.20. The lowest BCUT2D eigenvalue weighted by Gasteiger charge is -2.20. The number of hydrogen-bond acceptors (Lipinski definition) is 1. The minimum absolute atomic E-state index is 0.243. The van der Waals surface area contributed by atoms with Crippen molar-refractivity contribution >= 4 is 80.9 Å². The van der Waals surface area contributed by atoms with Gasteiger partial charge in [-0.25, -0.2) is 0 Å². The zero-order chi connectivity index (χ0) is 18.5. The second kappa shape index (κ2) is 9.16. The van der Waals surface area contributed by atoms with E-state index in [0.717, 1.165) is 16.7 Å². The van der Waals surface area contributed by atoms with Crippen LogP contribution in [0.2, 0.25) is 0 Å². The van der Waals surface area contributed by atoms with Crippen molar-refractivity contribution in [1.82, 2.24) is 0 Å². The molecule has 1 nitrogen and oxygen atoms in total. The molecule has 0 saturated carbocycles. The summed E-state index contributed by atoms with van der Waals surface area (Å²) >= 11 is 36.0. The van der Waals surface area contributed by atoms with Gasteiger partial charge in [0, 0.05) is 0 Å². The van der Waals surface area contributed by atoms with Gasteiger partial charge in [-0.1, -0.05) is 113 Å². The molecule has 0 saturated heterocycles. The van der Waals surface area contributed by atoms with Crippen molar-refractivity contribution < 1.29 is 0 Å². The van der Waals surface area contributed by atoms with E-state index < -0.39 is 7.59 Å². The molecule has 0 aliphatic carbocycles. The average molecular weight is 448 g/mol. The molecule has 0 aliphatic heterocycles. The van der Waals surface area contributed by atoms with Gasteiger partial charge in [-0.15, -0.1) is 0 Å². The predicted octanol–water partition coefficient (Wildman–Crippen LogP) is 7.96. The zero-order valence-electron chi connectivity index (χ0n) is 13.2. The highest BCUT2D eigenvalue weighted by atomic mass is 35.6. The summed E-state index contributed by atoms with van der Waals surface area (Å²) in [7, 11) is 0. The molecule has 0 aromatic heterocycles. The Balaban J connectivity index is 3.26. The van der Waals surface area contributed by atoms with Gasteiger partial charge in [-0.2, -0.15) is 0 Å². The molecule has 1 aromatic carbocycles. The standard InChI is InChI=1S/C17H17Cl6N/c1-4-14(16(18,19)20)24-15(17(21,22)23)12(3)10-11(2)13-8-6-5-7-9-13/h5-9H,2,4,10H2,1,3H3/b15-12-,24-14+. The molecule has 0 atom stereocenters. The van der Waals surface area contributed by atoms with Gasteiger partial charge in [0.05, 0.1) is 11.4 Å². The Morgan fingerprint density at radius 3 is 1.96 bits per heavy atom. The molecule has 0 amide bonds. The number of allylic oxidation sites excluding steroid dienone is 3. The third-order valence-electron chi connectivity index (χ3n) is 3.24. The van der Waals surface area contributed by atoms with Crippen LogP contribution in [-0.4, -0.2) is 13.3 Å². The molecule has 132 valence electrons. The van der Waals surface area contributed by atoms with E-state index in [-0.39, 0.29) is 5.70 Å². The van der Waals surface area contributed by atoms with Crippen molar-refractivity contribution in [2.45, 2.75) is 34.3 Å². The third kappa shape index (κ3) is 6.78. The predicted molar refractivity (Wildman–Crippen MR) is 111 cm³/mol. The molecule has 1 rings (SSSR count). The maximum absolute atomic E-state index is 6.08. The van der Waals surface area contributed by atoms with E-state index >= 15 is 0 Å². The summed E-state index contributed by atoms with van der Waals surface area (Å²) in [5.74, 6) is 0. The van der Waals surface area contributed by atoms with Gasteiger partial charge in [-0.05, 0) is 36.5 Å². The summed E-state index contributed by atoms with van der Waals surface area (Å²) in [6, 6.07) is 9.74. The summed E-state index contributed by atoms with van der Waals surface area (Å²) in [5, 5.41) is 0. The van der Waals surface area contributed by atoms with Crippen molar-refractivity contribution in [3.8, 4) is 0 Å². The van der Waals surface area contributed by atoms with Crippen LogP contribution in [0, 0.1) is 0 Å². The Morgan fingerprint density at radius 2 is 1.54 bits per heavy atom. The topological polar surface area (TPSA) is 12.4 Å². The Bertz CT molecular complexity index is 635. The molecular formula is C17H17Cl6N. The lowest BCUT2D eigenvalue weighted by atomic mass is 9.99. The molecular weight excluding hydrogens is 431 g/mol. The summed E-state index contributed by atoms with van der Waals surface area (Å²) < 4.78 is -3.40. The van der Waals surface area contributed by atoms with Crippen LogP contribution in [0.1, 0.15) is 32.3 Å². The van der Waals surface area contributed by atoms with Gasteiger partial charge in [-0.3, -0.25) is 4.99 Å². The minimum atomic E-state index is -1.74. The van der Waals surface area contributed by atoms with E-state index in [1.807, 2.05) is 44.2 Å². The number of aliphatic imine (C=N–C) groups is 1. The normalized spacial score (nSPS) is 14.4. The molecule has 0 fully saturated rings. The Hall–Kier alpha value is 0.110. The van der Waals surface area contributed by atoms with Crippen molar-refractivity contribution in [3.63, 3.8) is 0 Å². The van der Waals surface area contributed by atoms with Crippen molar-refractivity contribution in [2.75, 3.05) is 0 Å². The third-order valence-corrected chi connectivity index (χ3v) is 4.43. The Labute approximate surface area is 173 Å². The van der Waals surface area contributed by atoms with Crippen LogP contribution in [0.3, 0.4) is 0 Å². The smallest absolute Gasteiger partial charge is 0.232 e. The maximum atomic E-state index is 6.08. The minimum Gasteiger partial charge on any atom is -0.253 e. The van der Waals surface area contributed by atoms with Crippen LogP contribution in [0.5, 0.6) is 0 Å². The number of benzene rings is 1. The monoisotopic (exact) mass is 445 g/mol. The first-order valence-corrected chi connectivity index (χ1v) is 9.38. The SMILES string of the molecule is C=C(C/C(C)=C(\N=C(/CC)C(Cl)(Cl)Cl)C(Cl)(Cl)Cl)c1ccccc1. The fourth-order valence-electron chi connectivity index (χ4n) is 2.06. The largest absolute Gasteiger partial charge is 0.253 e. The summed E-state index contributed by atoms with van der Waals surface area (Å²) in [5.41, 5.74) is 3.17. The number of hydrogen-bond donors (Lipinski definition) is 0. The van der Waals surface area contributed by atoms with E-state index in [9.17, 15) is 0 Å². The molecule has 0 heterocycles. The molecule has 0 N–H and O–H groups in total. The highest BCUT2D eigenvalue weighted by Gasteiger charge is 2.32. The number of rotatable bonds is 5. The van der Waals surface area contributed by atoms with Gasteiger partial charge in [0.2, 0.25) is 7.59 Å². The maximum Gasteiger partial charge on any atom is 0.232 e. The lowest BCUT2D eigenvalue weighted by Crippen LogP contribution is -2.20. The fraction of sp³-hybridized carbons (Fsp3) is 0.353. The van der Waals surface area contributed by atoms with Crippen LogP contribution in [0.25, 0.3) is 5.57 Å². The lowest BCUT2D eigenvalue weighted by molar-refractivity contribution is 1.05. The number of halogens is 6. The Kier molecular flexibility index (Phi) is 8.46. The molecule has 7 heteroatoms.